The van der Waals surface area contributed by atoms with E-state index in [1.807, 2.05) is 31.2 Å². The first-order valence-electron chi connectivity index (χ1n) is 6.61. The lowest BCUT2D eigenvalue weighted by molar-refractivity contribution is -0.384. The Morgan fingerprint density at radius 3 is 2.73 bits per heavy atom. The van der Waals surface area contributed by atoms with Crippen molar-refractivity contribution in [1.29, 1.82) is 0 Å². The fourth-order valence-corrected chi connectivity index (χ4v) is 2.52. The molecule has 1 N–H and O–H groups in total. The number of aryl methyl sites for hydroxylation is 1. The third-order valence-corrected chi connectivity index (χ3v) is 3.72. The van der Waals surface area contributed by atoms with Crippen LogP contribution in [0.25, 0.3) is 10.9 Å². The molecule has 5 nitrogen and oxygen atoms in total. The Hall–Kier alpha value is -2.66. The molecular formula is C16H12ClN3O2. The first kappa shape index (κ1) is 14.3. The molecule has 3 rings (SSSR count). The van der Waals surface area contributed by atoms with Crippen molar-refractivity contribution in [2.24, 2.45) is 0 Å². The number of aromatic nitrogens is 1. The van der Waals surface area contributed by atoms with Crippen LogP contribution in [0.3, 0.4) is 0 Å². The lowest BCUT2D eigenvalue weighted by atomic mass is 10.1. The van der Waals surface area contributed by atoms with E-state index in [2.05, 4.69) is 10.3 Å². The van der Waals surface area contributed by atoms with Gasteiger partial charge in [0.2, 0.25) is 0 Å². The summed E-state index contributed by atoms with van der Waals surface area (Å²) in [7, 11) is 0. The van der Waals surface area contributed by atoms with Crippen LogP contribution in [-0.4, -0.2) is 9.91 Å². The second kappa shape index (κ2) is 5.61. The molecule has 0 saturated carbocycles. The Morgan fingerprint density at radius 1 is 1.18 bits per heavy atom. The number of para-hydroxylation sites is 1. The number of halogens is 1. The predicted octanol–water partition coefficient (Wildman–Crippen LogP) is 4.85. The van der Waals surface area contributed by atoms with Gasteiger partial charge < -0.3 is 5.32 Å². The van der Waals surface area contributed by atoms with Crippen LogP contribution in [0.4, 0.5) is 17.1 Å². The van der Waals surface area contributed by atoms with E-state index in [9.17, 15) is 10.1 Å². The fourth-order valence-electron chi connectivity index (χ4n) is 2.30. The van der Waals surface area contributed by atoms with Gasteiger partial charge in [0.25, 0.3) is 5.69 Å². The molecule has 110 valence electrons. The van der Waals surface area contributed by atoms with Crippen LogP contribution in [-0.2, 0) is 0 Å². The zero-order chi connectivity index (χ0) is 15.7. The number of nitrogens with zero attached hydrogens (tertiary/aromatic N) is 2. The Morgan fingerprint density at radius 2 is 2.00 bits per heavy atom. The Bertz CT molecular complexity index is 880. The Labute approximate surface area is 131 Å². The van der Waals surface area contributed by atoms with Gasteiger partial charge in [0.15, 0.2) is 0 Å². The highest BCUT2D eigenvalue weighted by molar-refractivity contribution is 6.33. The summed E-state index contributed by atoms with van der Waals surface area (Å²) in [4.78, 5) is 14.7. The molecule has 0 atom stereocenters. The molecule has 0 fully saturated rings. The third-order valence-electron chi connectivity index (χ3n) is 3.41. The smallest absolute Gasteiger partial charge is 0.271 e. The van der Waals surface area contributed by atoms with Gasteiger partial charge in [-0.25, -0.2) is 0 Å². The van der Waals surface area contributed by atoms with E-state index in [1.54, 1.807) is 12.3 Å². The number of pyridine rings is 1. The van der Waals surface area contributed by atoms with Gasteiger partial charge in [-0.05, 0) is 24.6 Å². The highest BCUT2D eigenvalue weighted by Crippen LogP contribution is 2.32. The normalized spacial score (nSPS) is 10.6. The molecule has 0 saturated heterocycles. The van der Waals surface area contributed by atoms with Crippen LogP contribution in [0.2, 0.25) is 5.02 Å². The molecule has 22 heavy (non-hydrogen) atoms. The van der Waals surface area contributed by atoms with Gasteiger partial charge in [0, 0.05) is 29.4 Å². The molecule has 0 aliphatic carbocycles. The molecule has 1 aromatic heterocycles. The summed E-state index contributed by atoms with van der Waals surface area (Å²) >= 11 is 6.12. The van der Waals surface area contributed by atoms with Crippen LogP contribution in [0.5, 0.6) is 0 Å². The maximum absolute atomic E-state index is 10.8. The lowest BCUT2D eigenvalue weighted by Crippen LogP contribution is -1.95. The first-order chi connectivity index (χ1) is 10.6. The van der Waals surface area contributed by atoms with Gasteiger partial charge in [0.05, 0.1) is 21.2 Å². The van der Waals surface area contributed by atoms with Crippen molar-refractivity contribution >= 4 is 39.6 Å². The molecule has 0 unspecified atom stereocenters. The molecule has 2 aromatic carbocycles. The van der Waals surface area contributed by atoms with E-state index in [-0.39, 0.29) is 5.69 Å². The average Bonchev–Trinajstić information content (AvgIpc) is 2.50. The number of hydrogen-bond acceptors (Lipinski definition) is 4. The van der Waals surface area contributed by atoms with Gasteiger partial charge in [-0.3, -0.25) is 15.1 Å². The van der Waals surface area contributed by atoms with E-state index in [4.69, 9.17) is 11.6 Å². The van der Waals surface area contributed by atoms with Gasteiger partial charge >= 0.3 is 0 Å². The average molecular weight is 314 g/mol. The number of non-ortho nitro benzene ring substituents is 1. The number of nitrogens with one attached hydrogen (secondary N) is 1. The van der Waals surface area contributed by atoms with Crippen molar-refractivity contribution in [1.82, 2.24) is 4.98 Å². The number of nitro benzene ring substituents is 1. The van der Waals surface area contributed by atoms with Crippen LogP contribution in [0.15, 0.2) is 48.7 Å². The zero-order valence-electron chi connectivity index (χ0n) is 11.7. The zero-order valence-corrected chi connectivity index (χ0v) is 12.5. The van der Waals surface area contributed by atoms with Crippen molar-refractivity contribution < 1.29 is 4.92 Å². The number of fused-ring (bicyclic) bond motifs is 1. The van der Waals surface area contributed by atoms with Crippen LogP contribution >= 0.6 is 11.6 Å². The molecule has 3 aromatic rings. The topological polar surface area (TPSA) is 68.1 Å². The largest absolute Gasteiger partial charge is 0.354 e. The van der Waals surface area contributed by atoms with Crippen molar-refractivity contribution in [3.05, 3.63) is 69.4 Å². The summed E-state index contributed by atoms with van der Waals surface area (Å²) in [6.45, 7) is 2.00. The number of rotatable bonds is 3. The second-order valence-electron chi connectivity index (χ2n) is 4.88. The lowest BCUT2D eigenvalue weighted by Gasteiger charge is -2.11. The molecule has 0 spiro atoms. The van der Waals surface area contributed by atoms with Crippen LogP contribution in [0, 0.1) is 17.0 Å². The number of nitro groups is 1. The van der Waals surface area contributed by atoms with Gasteiger partial charge in [-0.2, -0.15) is 0 Å². The van der Waals surface area contributed by atoms with Gasteiger partial charge in [-0.1, -0.05) is 29.8 Å². The van der Waals surface area contributed by atoms with E-state index in [0.717, 1.165) is 22.2 Å². The minimum absolute atomic E-state index is 0.0361. The minimum Gasteiger partial charge on any atom is -0.354 e. The van der Waals surface area contributed by atoms with E-state index >= 15 is 0 Å². The summed E-state index contributed by atoms with van der Waals surface area (Å²) in [5.41, 5.74) is 3.41. The van der Waals surface area contributed by atoms with Crippen LogP contribution < -0.4 is 5.32 Å². The Kier molecular flexibility index (Phi) is 3.65. The van der Waals surface area contributed by atoms with E-state index in [1.165, 1.54) is 12.1 Å². The van der Waals surface area contributed by atoms with Crippen molar-refractivity contribution in [2.45, 2.75) is 6.92 Å². The number of hydrogen-bond donors (Lipinski definition) is 1. The van der Waals surface area contributed by atoms with Crippen molar-refractivity contribution in [3.8, 4) is 0 Å². The summed E-state index contributed by atoms with van der Waals surface area (Å²) in [5, 5.41) is 15.2. The molecule has 0 radical (unpaired) electrons. The van der Waals surface area contributed by atoms with Gasteiger partial charge in [0.1, 0.15) is 0 Å². The summed E-state index contributed by atoms with van der Waals surface area (Å²) in [5.74, 6) is 0. The van der Waals surface area contributed by atoms with E-state index in [0.29, 0.717) is 10.7 Å². The highest BCUT2D eigenvalue weighted by Gasteiger charge is 2.11. The number of benzene rings is 2. The summed E-state index contributed by atoms with van der Waals surface area (Å²) in [6, 6.07) is 12.1. The minimum atomic E-state index is -0.471. The Balaban J connectivity index is 2.04. The second-order valence-corrected chi connectivity index (χ2v) is 5.28. The maximum Gasteiger partial charge on any atom is 0.271 e. The highest BCUT2D eigenvalue weighted by atomic mass is 35.5. The third kappa shape index (κ3) is 2.58. The quantitative estimate of drug-likeness (QED) is 0.554. The standard InChI is InChI=1S/C16H12ClN3O2/c1-10-3-2-4-12-14(7-8-18-16(10)12)19-15-6-5-11(20(21)22)9-13(15)17/h2-9H,1H3,(H,18,19). The maximum atomic E-state index is 10.8. The molecule has 0 aliphatic heterocycles. The van der Waals surface area contributed by atoms with Gasteiger partial charge in [-0.15, -0.1) is 0 Å². The van der Waals surface area contributed by atoms with Crippen molar-refractivity contribution in [3.63, 3.8) is 0 Å². The van der Waals surface area contributed by atoms with E-state index < -0.39 is 4.92 Å². The van der Waals surface area contributed by atoms with Crippen molar-refractivity contribution in [2.75, 3.05) is 5.32 Å². The number of anilines is 2. The predicted molar refractivity (Wildman–Crippen MR) is 87.9 cm³/mol. The fraction of sp³-hybridized carbons (Fsp3) is 0.0625. The summed E-state index contributed by atoms with van der Waals surface area (Å²) in [6.07, 6.45) is 1.72. The molecule has 1 heterocycles. The first-order valence-corrected chi connectivity index (χ1v) is 6.99. The SMILES string of the molecule is Cc1cccc2c(Nc3ccc([N+](=O)[O-])cc3Cl)ccnc12. The molecular weight excluding hydrogens is 302 g/mol. The monoisotopic (exact) mass is 313 g/mol. The van der Waals surface area contributed by atoms with Crippen LogP contribution in [0.1, 0.15) is 5.56 Å². The molecule has 6 heteroatoms. The molecule has 0 aliphatic rings. The molecule has 0 amide bonds. The molecule has 0 bridgehead atoms. The summed E-state index contributed by atoms with van der Waals surface area (Å²) < 4.78 is 0.